The second kappa shape index (κ2) is 2.37. The molecule has 0 saturated heterocycles. The van der Waals surface area contributed by atoms with Crippen LogP contribution in [0.1, 0.15) is 38.5 Å². The summed E-state index contributed by atoms with van der Waals surface area (Å²) in [4.78, 5) is 11.1. The van der Waals surface area contributed by atoms with Gasteiger partial charge in [0.2, 0.25) is 0 Å². The molecule has 2 fully saturated rings. The van der Waals surface area contributed by atoms with Crippen LogP contribution >= 0.6 is 0 Å². The second-order valence-corrected chi connectivity index (χ2v) is 3.85. The van der Waals surface area contributed by atoms with Crippen LogP contribution < -0.4 is 0 Å². The molecule has 2 rings (SSSR count). The quantitative estimate of drug-likeness (QED) is 0.501. The van der Waals surface area contributed by atoms with Crippen molar-refractivity contribution in [2.75, 3.05) is 0 Å². The summed E-state index contributed by atoms with van der Waals surface area (Å²) in [5.41, 5.74) is 0. The van der Waals surface area contributed by atoms with E-state index in [9.17, 15) is 4.79 Å². The zero-order chi connectivity index (χ0) is 6.97. The van der Waals surface area contributed by atoms with Gasteiger partial charge in [-0.2, -0.15) is 0 Å². The molecule has 0 aromatic heterocycles. The molecule has 2 atom stereocenters. The smallest absolute Gasteiger partial charge is 0.133 e. The molecule has 0 aromatic carbocycles. The maximum atomic E-state index is 11.1. The van der Waals surface area contributed by atoms with Crippen molar-refractivity contribution < 1.29 is 4.79 Å². The SMILES string of the molecule is O=C1C[C@@H]2CCC[C@@H](C1)C2. The van der Waals surface area contributed by atoms with Gasteiger partial charge in [-0.05, 0) is 18.3 Å². The Hall–Kier alpha value is -0.330. The number of ketones is 1. The largest absolute Gasteiger partial charge is 0.300 e. The fourth-order valence-corrected chi connectivity index (χ4v) is 2.50. The molecule has 10 heavy (non-hydrogen) atoms. The van der Waals surface area contributed by atoms with Crippen molar-refractivity contribution >= 4 is 5.78 Å². The number of hydrogen-bond acceptors (Lipinski definition) is 1. The van der Waals surface area contributed by atoms with Gasteiger partial charge in [0, 0.05) is 12.8 Å². The van der Waals surface area contributed by atoms with Gasteiger partial charge in [0.05, 0.1) is 0 Å². The van der Waals surface area contributed by atoms with Crippen molar-refractivity contribution in [2.45, 2.75) is 38.5 Å². The number of hydrogen-bond donors (Lipinski definition) is 0. The molecule has 0 aliphatic heterocycles. The lowest BCUT2D eigenvalue weighted by Gasteiger charge is -2.32. The maximum Gasteiger partial charge on any atom is 0.133 e. The minimum atomic E-state index is 0.529. The van der Waals surface area contributed by atoms with Crippen molar-refractivity contribution in [1.29, 1.82) is 0 Å². The van der Waals surface area contributed by atoms with E-state index >= 15 is 0 Å². The second-order valence-electron chi connectivity index (χ2n) is 3.85. The minimum absolute atomic E-state index is 0.529. The summed E-state index contributed by atoms with van der Waals surface area (Å²) in [5.74, 6) is 2.08. The van der Waals surface area contributed by atoms with Crippen molar-refractivity contribution in [3.05, 3.63) is 0 Å². The highest BCUT2D eigenvalue weighted by Gasteiger charge is 2.29. The summed E-state index contributed by atoms with van der Waals surface area (Å²) in [6.07, 6.45) is 7.17. The van der Waals surface area contributed by atoms with E-state index in [1.54, 1.807) is 0 Å². The summed E-state index contributed by atoms with van der Waals surface area (Å²) in [5, 5.41) is 0. The van der Waals surface area contributed by atoms with Gasteiger partial charge >= 0.3 is 0 Å². The van der Waals surface area contributed by atoms with Crippen LogP contribution in [-0.2, 0) is 4.79 Å². The maximum absolute atomic E-state index is 11.1. The van der Waals surface area contributed by atoms with Crippen LogP contribution in [0.25, 0.3) is 0 Å². The lowest BCUT2D eigenvalue weighted by atomic mass is 9.72. The molecule has 0 spiro atoms. The van der Waals surface area contributed by atoms with E-state index in [1.165, 1.54) is 25.7 Å². The van der Waals surface area contributed by atoms with E-state index in [4.69, 9.17) is 0 Å². The first-order valence-electron chi connectivity index (χ1n) is 4.36. The van der Waals surface area contributed by atoms with Crippen LogP contribution in [0.3, 0.4) is 0 Å². The van der Waals surface area contributed by atoms with E-state index in [0.29, 0.717) is 5.78 Å². The highest BCUT2D eigenvalue weighted by Crippen LogP contribution is 2.37. The topological polar surface area (TPSA) is 17.1 Å². The Morgan fingerprint density at radius 1 is 1.10 bits per heavy atom. The monoisotopic (exact) mass is 138 g/mol. The molecule has 0 heterocycles. The predicted octanol–water partition coefficient (Wildman–Crippen LogP) is 2.16. The fraction of sp³-hybridized carbons (Fsp3) is 0.889. The summed E-state index contributed by atoms with van der Waals surface area (Å²) >= 11 is 0. The predicted molar refractivity (Wildman–Crippen MR) is 39.7 cm³/mol. The average Bonchev–Trinajstić information content (AvgIpc) is 1.85. The van der Waals surface area contributed by atoms with Crippen LogP contribution in [0.4, 0.5) is 0 Å². The van der Waals surface area contributed by atoms with Crippen LogP contribution in [0, 0.1) is 11.8 Å². The van der Waals surface area contributed by atoms with Gasteiger partial charge in [-0.3, -0.25) is 4.79 Å². The normalized spacial score (nSPS) is 39.8. The fourth-order valence-electron chi connectivity index (χ4n) is 2.50. The van der Waals surface area contributed by atoms with Gasteiger partial charge < -0.3 is 0 Å². The molecule has 2 saturated carbocycles. The molecule has 56 valence electrons. The molecular formula is C9H14O. The standard InChI is InChI=1S/C9H14O/c10-9-5-7-2-1-3-8(4-7)6-9/h7-8H,1-6H2/t7-,8-/m1/s1. The van der Waals surface area contributed by atoms with E-state index in [2.05, 4.69) is 0 Å². The third kappa shape index (κ3) is 1.09. The van der Waals surface area contributed by atoms with E-state index < -0.39 is 0 Å². The van der Waals surface area contributed by atoms with Crippen molar-refractivity contribution in [1.82, 2.24) is 0 Å². The molecule has 2 bridgehead atoms. The zero-order valence-corrected chi connectivity index (χ0v) is 6.31. The first kappa shape index (κ1) is 6.38. The van der Waals surface area contributed by atoms with Crippen LogP contribution in [0.15, 0.2) is 0 Å². The number of rotatable bonds is 0. The van der Waals surface area contributed by atoms with Crippen LogP contribution in [0.5, 0.6) is 0 Å². The zero-order valence-electron chi connectivity index (χ0n) is 6.31. The van der Waals surface area contributed by atoms with Crippen molar-refractivity contribution in [2.24, 2.45) is 11.8 Å². The minimum Gasteiger partial charge on any atom is -0.300 e. The van der Waals surface area contributed by atoms with Gasteiger partial charge in [-0.1, -0.05) is 19.3 Å². The lowest BCUT2D eigenvalue weighted by molar-refractivity contribution is -0.123. The van der Waals surface area contributed by atoms with Crippen molar-refractivity contribution in [3.63, 3.8) is 0 Å². The Labute approximate surface area is 61.8 Å². The summed E-state index contributed by atoms with van der Waals surface area (Å²) in [6.45, 7) is 0. The van der Waals surface area contributed by atoms with Gasteiger partial charge in [-0.25, -0.2) is 0 Å². The first-order chi connectivity index (χ1) is 4.84. The number of carbonyl (C=O) groups excluding carboxylic acids is 1. The molecule has 1 nitrogen and oxygen atoms in total. The van der Waals surface area contributed by atoms with Crippen LogP contribution in [-0.4, -0.2) is 5.78 Å². The Balaban J connectivity index is 2.05. The molecule has 2 aliphatic rings. The van der Waals surface area contributed by atoms with E-state index in [-0.39, 0.29) is 0 Å². The van der Waals surface area contributed by atoms with Gasteiger partial charge in [0.15, 0.2) is 0 Å². The van der Waals surface area contributed by atoms with Crippen LogP contribution in [0.2, 0.25) is 0 Å². The third-order valence-electron chi connectivity index (χ3n) is 2.92. The highest BCUT2D eigenvalue weighted by molar-refractivity contribution is 5.79. The molecule has 0 amide bonds. The highest BCUT2D eigenvalue weighted by atomic mass is 16.1. The summed E-state index contributed by atoms with van der Waals surface area (Å²) < 4.78 is 0. The summed E-state index contributed by atoms with van der Waals surface area (Å²) in [6, 6.07) is 0. The Bertz CT molecular complexity index is 137. The molecular weight excluding hydrogens is 124 g/mol. The Morgan fingerprint density at radius 2 is 1.70 bits per heavy atom. The first-order valence-corrected chi connectivity index (χ1v) is 4.36. The number of Topliss-reactive ketones (excluding diaryl/α,β-unsaturated/α-hetero) is 1. The molecule has 2 aliphatic carbocycles. The molecule has 0 unspecified atom stereocenters. The molecule has 0 N–H and O–H groups in total. The number of carbonyl (C=O) groups is 1. The lowest BCUT2D eigenvalue weighted by Crippen LogP contribution is -2.26. The number of fused-ring (bicyclic) bond motifs is 2. The molecule has 0 aromatic rings. The van der Waals surface area contributed by atoms with Crippen molar-refractivity contribution in [3.8, 4) is 0 Å². The van der Waals surface area contributed by atoms with E-state index in [1.807, 2.05) is 0 Å². The third-order valence-corrected chi connectivity index (χ3v) is 2.92. The average molecular weight is 138 g/mol. The Kier molecular flexibility index (Phi) is 1.51. The van der Waals surface area contributed by atoms with Gasteiger partial charge in [-0.15, -0.1) is 0 Å². The van der Waals surface area contributed by atoms with Gasteiger partial charge in [0.25, 0.3) is 0 Å². The van der Waals surface area contributed by atoms with E-state index in [0.717, 1.165) is 24.7 Å². The molecule has 1 heteroatoms. The summed E-state index contributed by atoms with van der Waals surface area (Å²) in [7, 11) is 0. The van der Waals surface area contributed by atoms with Gasteiger partial charge in [0.1, 0.15) is 5.78 Å². The molecule has 0 radical (unpaired) electrons. The Morgan fingerprint density at radius 3 is 2.30 bits per heavy atom.